The van der Waals surface area contributed by atoms with E-state index in [1.54, 1.807) is 24.5 Å². The van der Waals surface area contributed by atoms with Crippen molar-refractivity contribution in [3.05, 3.63) is 66.5 Å². The minimum atomic E-state index is -0.233. The first-order chi connectivity index (χ1) is 11.7. The van der Waals surface area contributed by atoms with E-state index in [1.807, 2.05) is 12.1 Å². The standard InChI is InChI=1S/C18H20N4O2/c1-14(20-21-18(23)16-6-8-19-9-7-16)15-2-4-17(5-3-15)22-10-12-24-13-11-22/h2-9,20H,1,10-13H2,(H,21,23). The number of aromatic nitrogens is 1. The van der Waals surface area contributed by atoms with Gasteiger partial charge in [-0.1, -0.05) is 18.7 Å². The second kappa shape index (κ2) is 7.61. The molecule has 2 aromatic rings. The van der Waals surface area contributed by atoms with Crippen LogP contribution >= 0.6 is 0 Å². The number of pyridine rings is 1. The maximum atomic E-state index is 12.0. The Labute approximate surface area is 141 Å². The molecule has 0 unspecified atom stereocenters. The first-order valence-corrected chi connectivity index (χ1v) is 7.82. The number of carbonyl (C=O) groups excluding carboxylic acids is 1. The van der Waals surface area contributed by atoms with Crippen molar-refractivity contribution in [3.8, 4) is 0 Å². The van der Waals surface area contributed by atoms with E-state index in [0.29, 0.717) is 11.3 Å². The Morgan fingerprint density at radius 3 is 2.33 bits per heavy atom. The second-order valence-corrected chi connectivity index (χ2v) is 5.44. The van der Waals surface area contributed by atoms with Crippen molar-refractivity contribution in [1.29, 1.82) is 0 Å². The van der Waals surface area contributed by atoms with Gasteiger partial charge in [-0.15, -0.1) is 0 Å². The molecule has 6 heteroatoms. The number of anilines is 1. The lowest BCUT2D eigenvalue weighted by atomic mass is 10.1. The topological polar surface area (TPSA) is 66.5 Å². The third kappa shape index (κ3) is 3.91. The molecule has 1 aliphatic heterocycles. The molecule has 0 radical (unpaired) electrons. The number of rotatable bonds is 5. The molecule has 6 nitrogen and oxygen atoms in total. The summed E-state index contributed by atoms with van der Waals surface area (Å²) in [4.78, 5) is 18.2. The molecule has 0 aliphatic carbocycles. The third-order valence-corrected chi connectivity index (χ3v) is 3.86. The average Bonchev–Trinajstić information content (AvgIpc) is 2.67. The van der Waals surface area contributed by atoms with E-state index < -0.39 is 0 Å². The number of hydrazine groups is 1. The monoisotopic (exact) mass is 324 g/mol. The number of morpholine rings is 1. The molecule has 124 valence electrons. The van der Waals surface area contributed by atoms with Crippen molar-refractivity contribution in [2.24, 2.45) is 0 Å². The Balaban J connectivity index is 1.56. The highest BCUT2D eigenvalue weighted by molar-refractivity contribution is 5.94. The van der Waals surface area contributed by atoms with Gasteiger partial charge in [0, 0.05) is 36.7 Å². The smallest absolute Gasteiger partial charge is 0.269 e. The molecule has 2 heterocycles. The zero-order valence-electron chi connectivity index (χ0n) is 13.4. The van der Waals surface area contributed by atoms with Crippen molar-refractivity contribution in [2.45, 2.75) is 0 Å². The van der Waals surface area contributed by atoms with Crippen LogP contribution in [0.2, 0.25) is 0 Å². The van der Waals surface area contributed by atoms with Crippen LogP contribution in [0.4, 0.5) is 5.69 Å². The molecule has 1 amide bonds. The fraction of sp³-hybridized carbons (Fsp3) is 0.222. The molecule has 1 aliphatic rings. The van der Waals surface area contributed by atoms with E-state index in [0.717, 1.165) is 37.6 Å². The summed E-state index contributed by atoms with van der Waals surface area (Å²) in [6.45, 7) is 7.29. The second-order valence-electron chi connectivity index (χ2n) is 5.44. The van der Waals surface area contributed by atoms with Crippen LogP contribution in [0.3, 0.4) is 0 Å². The van der Waals surface area contributed by atoms with E-state index >= 15 is 0 Å². The van der Waals surface area contributed by atoms with Crippen LogP contribution in [0.25, 0.3) is 5.70 Å². The Kier molecular flexibility index (Phi) is 5.08. The quantitative estimate of drug-likeness (QED) is 0.821. The molecule has 1 saturated heterocycles. The van der Waals surface area contributed by atoms with Gasteiger partial charge in [0.1, 0.15) is 0 Å². The van der Waals surface area contributed by atoms with E-state index in [2.05, 4.69) is 39.4 Å². The lowest BCUT2D eigenvalue weighted by molar-refractivity contribution is 0.0942. The minimum Gasteiger partial charge on any atom is -0.378 e. The van der Waals surface area contributed by atoms with E-state index in [9.17, 15) is 4.79 Å². The first-order valence-electron chi connectivity index (χ1n) is 7.82. The molecule has 1 aromatic heterocycles. The van der Waals surface area contributed by atoms with Crippen molar-refractivity contribution in [2.75, 3.05) is 31.2 Å². The summed E-state index contributed by atoms with van der Waals surface area (Å²) < 4.78 is 5.36. The van der Waals surface area contributed by atoms with E-state index in [1.165, 1.54) is 0 Å². The molecule has 0 spiro atoms. The molecule has 1 fully saturated rings. The molecular formula is C18H20N4O2. The summed E-state index contributed by atoms with van der Waals surface area (Å²) in [5.74, 6) is -0.233. The van der Waals surface area contributed by atoms with Crippen LogP contribution < -0.4 is 15.8 Å². The number of hydrogen-bond donors (Lipinski definition) is 2. The summed E-state index contributed by atoms with van der Waals surface area (Å²) in [6.07, 6.45) is 3.15. The fourth-order valence-electron chi connectivity index (χ4n) is 2.47. The van der Waals surface area contributed by atoms with E-state index in [-0.39, 0.29) is 5.91 Å². The van der Waals surface area contributed by atoms with Gasteiger partial charge in [0.25, 0.3) is 5.91 Å². The van der Waals surface area contributed by atoms with Gasteiger partial charge in [0.15, 0.2) is 0 Å². The number of nitrogens with zero attached hydrogens (tertiary/aromatic N) is 2. The molecular weight excluding hydrogens is 304 g/mol. The van der Waals surface area contributed by atoms with Crippen LogP contribution in [0, 0.1) is 0 Å². The van der Waals surface area contributed by atoms with Crippen LogP contribution in [-0.2, 0) is 4.74 Å². The molecule has 0 bridgehead atoms. The zero-order chi connectivity index (χ0) is 16.8. The summed E-state index contributed by atoms with van der Waals surface area (Å²) >= 11 is 0. The Bertz CT molecular complexity index is 695. The lowest BCUT2D eigenvalue weighted by Gasteiger charge is -2.29. The van der Waals surface area contributed by atoms with Crippen LogP contribution in [0.15, 0.2) is 55.4 Å². The van der Waals surface area contributed by atoms with Crippen molar-refractivity contribution >= 4 is 17.3 Å². The SMILES string of the molecule is C=C(NNC(=O)c1ccncc1)c1ccc(N2CCOCC2)cc1. The third-order valence-electron chi connectivity index (χ3n) is 3.86. The molecule has 24 heavy (non-hydrogen) atoms. The number of hydrogen-bond acceptors (Lipinski definition) is 5. The van der Waals surface area contributed by atoms with Gasteiger partial charge in [-0.3, -0.25) is 20.6 Å². The Hall–Kier alpha value is -2.86. The molecule has 0 atom stereocenters. The van der Waals surface area contributed by atoms with Crippen molar-refractivity contribution in [1.82, 2.24) is 15.8 Å². The summed E-state index contributed by atoms with van der Waals surface area (Å²) in [5, 5.41) is 0. The minimum absolute atomic E-state index is 0.233. The Morgan fingerprint density at radius 1 is 1.00 bits per heavy atom. The van der Waals surface area contributed by atoms with Gasteiger partial charge in [-0.2, -0.15) is 0 Å². The number of nitrogens with one attached hydrogen (secondary N) is 2. The van der Waals surface area contributed by atoms with Crippen molar-refractivity contribution in [3.63, 3.8) is 0 Å². The maximum absolute atomic E-state index is 12.0. The maximum Gasteiger partial charge on any atom is 0.269 e. The lowest BCUT2D eigenvalue weighted by Crippen LogP contribution is -2.36. The van der Waals surface area contributed by atoms with Gasteiger partial charge in [-0.05, 0) is 29.8 Å². The number of carbonyl (C=O) groups is 1. The summed E-state index contributed by atoms with van der Waals surface area (Å²) in [7, 11) is 0. The van der Waals surface area contributed by atoms with Gasteiger partial charge >= 0.3 is 0 Å². The van der Waals surface area contributed by atoms with E-state index in [4.69, 9.17) is 4.74 Å². The number of ether oxygens (including phenoxy) is 1. The Morgan fingerprint density at radius 2 is 1.67 bits per heavy atom. The molecule has 0 saturated carbocycles. The number of benzene rings is 1. The molecule has 3 rings (SSSR count). The van der Waals surface area contributed by atoms with Gasteiger partial charge in [0.2, 0.25) is 0 Å². The predicted molar refractivity (Wildman–Crippen MR) is 93.3 cm³/mol. The van der Waals surface area contributed by atoms with Gasteiger partial charge in [-0.25, -0.2) is 0 Å². The highest BCUT2D eigenvalue weighted by atomic mass is 16.5. The largest absolute Gasteiger partial charge is 0.378 e. The van der Waals surface area contributed by atoms with Crippen molar-refractivity contribution < 1.29 is 9.53 Å². The van der Waals surface area contributed by atoms with Gasteiger partial charge < -0.3 is 9.64 Å². The fourth-order valence-corrected chi connectivity index (χ4v) is 2.47. The average molecular weight is 324 g/mol. The van der Waals surface area contributed by atoms with Crippen LogP contribution in [0.1, 0.15) is 15.9 Å². The van der Waals surface area contributed by atoms with Crippen LogP contribution in [0.5, 0.6) is 0 Å². The van der Waals surface area contributed by atoms with Crippen LogP contribution in [-0.4, -0.2) is 37.2 Å². The highest BCUT2D eigenvalue weighted by Gasteiger charge is 2.11. The normalized spacial score (nSPS) is 14.1. The highest BCUT2D eigenvalue weighted by Crippen LogP contribution is 2.19. The van der Waals surface area contributed by atoms with Gasteiger partial charge in [0.05, 0.1) is 18.9 Å². The molecule has 1 aromatic carbocycles. The predicted octanol–water partition coefficient (Wildman–Crippen LogP) is 1.82. The summed E-state index contributed by atoms with van der Waals surface area (Å²) in [6, 6.07) is 11.4. The zero-order valence-corrected chi connectivity index (χ0v) is 13.4. The summed E-state index contributed by atoms with van der Waals surface area (Å²) in [5.41, 5.74) is 8.73. The number of amides is 1. The first kappa shape index (κ1) is 16.0. The molecule has 2 N–H and O–H groups in total.